The number of nitrogens with one attached hydrogen (secondary N) is 1. The lowest BCUT2D eigenvalue weighted by Gasteiger charge is -2.09. The summed E-state index contributed by atoms with van der Waals surface area (Å²) in [5.74, 6) is 0. The summed E-state index contributed by atoms with van der Waals surface area (Å²) in [6, 6.07) is 13.7. The molecule has 0 fully saturated rings. The maximum atomic E-state index is 6.08. The monoisotopic (exact) mass is 329 g/mol. The molecule has 0 radical (unpaired) electrons. The zero-order chi connectivity index (χ0) is 12.3. The average Bonchev–Trinajstić information content (AvgIpc) is 2.33. The van der Waals surface area contributed by atoms with E-state index in [1.807, 2.05) is 24.3 Å². The minimum Gasteiger partial charge on any atom is -0.380 e. The summed E-state index contributed by atoms with van der Waals surface area (Å²) in [5, 5.41) is 4.38. The Morgan fingerprint density at radius 3 is 2.41 bits per heavy atom. The van der Waals surface area contributed by atoms with Crippen molar-refractivity contribution in [1.82, 2.24) is 0 Å². The second-order valence-electron chi connectivity index (χ2n) is 3.58. The minimum absolute atomic E-state index is 0.561. The van der Waals surface area contributed by atoms with Gasteiger partial charge in [0.1, 0.15) is 0 Å². The van der Waals surface area contributed by atoms with Crippen molar-refractivity contribution in [3.63, 3.8) is 0 Å². The Balaban J connectivity index is 2.07. The van der Waals surface area contributed by atoms with Gasteiger partial charge in [0.15, 0.2) is 0 Å². The van der Waals surface area contributed by atoms with E-state index in [1.165, 1.54) is 5.56 Å². The van der Waals surface area contributed by atoms with Gasteiger partial charge in [-0.15, -0.1) is 0 Å². The third kappa shape index (κ3) is 3.38. The Bertz CT molecular complexity index is 511. The van der Waals surface area contributed by atoms with E-state index >= 15 is 0 Å². The van der Waals surface area contributed by atoms with E-state index in [1.54, 1.807) is 6.07 Å². The van der Waals surface area contributed by atoms with Gasteiger partial charge in [-0.25, -0.2) is 0 Å². The largest absolute Gasteiger partial charge is 0.380 e. The van der Waals surface area contributed by atoms with Gasteiger partial charge in [0.25, 0.3) is 0 Å². The number of rotatable bonds is 3. The van der Waals surface area contributed by atoms with Crippen LogP contribution in [0.2, 0.25) is 10.0 Å². The molecule has 1 nitrogen and oxygen atoms in total. The van der Waals surface area contributed by atoms with Crippen molar-refractivity contribution in [1.29, 1.82) is 0 Å². The summed E-state index contributed by atoms with van der Waals surface area (Å²) < 4.78 is 1.07. The molecule has 0 aromatic heterocycles. The lowest BCUT2D eigenvalue weighted by Crippen LogP contribution is -1.99. The number of anilines is 1. The van der Waals surface area contributed by atoms with E-state index in [-0.39, 0.29) is 0 Å². The lowest BCUT2D eigenvalue weighted by molar-refractivity contribution is 1.15. The molecule has 88 valence electrons. The van der Waals surface area contributed by atoms with Crippen molar-refractivity contribution in [2.45, 2.75) is 6.54 Å². The fraction of sp³-hybridized carbons (Fsp3) is 0.0769. The first kappa shape index (κ1) is 12.7. The van der Waals surface area contributed by atoms with Gasteiger partial charge in [0.2, 0.25) is 0 Å². The van der Waals surface area contributed by atoms with Gasteiger partial charge in [0, 0.05) is 11.0 Å². The first-order valence-corrected chi connectivity index (χ1v) is 6.64. The molecule has 1 N–H and O–H groups in total. The van der Waals surface area contributed by atoms with Gasteiger partial charge < -0.3 is 5.32 Å². The van der Waals surface area contributed by atoms with Gasteiger partial charge in [-0.2, -0.15) is 0 Å². The summed E-state index contributed by atoms with van der Waals surface area (Å²) in [6.07, 6.45) is 0. The predicted octanol–water partition coefficient (Wildman–Crippen LogP) is 5.37. The van der Waals surface area contributed by atoms with Gasteiger partial charge >= 0.3 is 0 Å². The maximum Gasteiger partial charge on any atom is 0.0823 e. The molecule has 4 heteroatoms. The minimum atomic E-state index is 0.561. The standard InChI is InChI=1S/C13H10BrCl2N/c14-10-6-4-9(5-7-10)8-17-12-3-1-2-11(15)13(12)16/h1-7,17H,8H2. The molecule has 0 heterocycles. The van der Waals surface area contributed by atoms with Crippen LogP contribution in [0.1, 0.15) is 5.56 Å². The third-order valence-electron chi connectivity index (χ3n) is 2.35. The molecule has 17 heavy (non-hydrogen) atoms. The van der Waals surface area contributed by atoms with Crippen molar-refractivity contribution >= 4 is 44.8 Å². The van der Waals surface area contributed by atoms with E-state index in [0.717, 1.165) is 10.2 Å². The highest BCUT2D eigenvalue weighted by Gasteiger charge is 2.03. The molecule has 0 atom stereocenters. The molecule has 0 spiro atoms. The van der Waals surface area contributed by atoms with Gasteiger partial charge in [-0.05, 0) is 29.8 Å². The van der Waals surface area contributed by atoms with Crippen LogP contribution in [0.5, 0.6) is 0 Å². The van der Waals surface area contributed by atoms with Gasteiger partial charge in [-0.3, -0.25) is 0 Å². The predicted molar refractivity (Wildman–Crippen MR) is 77.9 cm³/mol. The van der Waals surface area contributed by atoms with Crippen molar-refractivity contribution < 1.29 is 0 Å². The fourth-order valence-corrected chi connectivity index (χ4v) is 2.07. The van der Waals surface area contributed by atoms with Crippen LogP contribution < -0.4 is 5.32 Å². The molecular formula is C13H10BrCl2N. The van der Waals surface area contributed by atoms with Crippen LogP contribution >= 0.6 is 39.1 Å². The topological polar surface area (TPSA) is 12.0 Å². The number of halogens is 3. The van der Waals surface area contributed by atoms with Crippen molar-refractivity contribution in [3.05, 3.63) is 62.5 Å². The molecule has 0 aliphatic rings. The van der Waals surface area contributed by atoms with Crippen LogP contribution in [0.4, 0.5) is 5.69 Å². The van der Waals surface area contributed by atoms with E-state index in [0.29, 0.717) is 16.6 Å². The van der Waals surface area contributed by atoms with Crippen LogP contribution in [-0.4, -0.2) is 0 Å². The summed E-state index contributed by atoms with van der Waals surface area (Å²) in [4.78, 5) is 0. The smallest absolute Gasteiger partial charge is 0.0823 e. The van der Waals surface area contributed by atoms with Crippen molar-refractivity contribution in [2.24, 2.45) is 0 Å². The van der Waals surface area contributed by atoms with Gasteiger partial charge in [0.05, 0.1) is 15.7 Å². The Hall–Kier alpha value is -0.700. The lowest BCUT2D eigenvalue weighted by atomic mass is 10.2. The summed E-state index contributed by atoms with van der Waals surface area (Å²) in [6.45, 7) is 0.716. The zero-order valence-corrected chi connectivity index (χ0v) is 12.0. The first-order valence-electron chi connectivity index (χ1n) is 5.09. The molecule has 2 rings (SSSR count). The highest BCUT2D eigenvalue weighted by molar-refractivity contribution is 9.10. The summed E-state index contributed by atoms with van der Waals surface area (Å²) in [5.41, 5.74) is 2.03. The Kier molecular flexibility index (Phi) is 4.32. The molecule has 0 aliphatic heterocycles. The van der Waals surface area contributed by atoms with E-state index in [4.69, 9.17) is 23.2 Å². The molecule has 0 saturated carbocycles. The van der Waals surface area contributed by atoms with Crippen LogP contribution in [0.3, 0.4) is 0 Å². The molecular weight excluding hydrogens is 321 g/mol. The SMILES string of the molecule is Clc1cccc(NCc2ccc(Br)cc2)c1Cl. The molecule has 2 aromatic carbocycles. The zero-order valence-electron chi connectivity index (χ0n) is 8.88. The Labute approximate surface area is 119 Å². The highest BCUT2D eigenvalue weighted by atomic mass is 79.9. The highest BCUT2D eigenvalue weighted by Crippen LogP contribution is 2.29. The molecule has 0 saturated heterocycles. The van der Waals surface area contributed by atoms with Crippen LogP contribution in [0.25, 0.3) is 0 Å². The maximum absolute atomic E-state index is 6.08. The van der Waals surface area contributed by atoms with Crippen LogP contribution in [0.15, 0.2) is 46.9 Å². The average molecular weight is 331 g/mol. The third-order valence-corrected chi connectivity index (χ3v) is 3.70. The quantitative estimate of drug-likeness (QED) is 0.797. The molecule has 0 amide bonds. The normalized spacial score (nSPS) is 10.3. The summed E-state index contributed by atoms with van der Waals surface area (Å²) >= 11 is 15.4. The molecule has 0 aliphatic carbocycles. The van der Waals surface area contributed by atoms with Crippen LogP contribution in [0, 0.1) is 0 Å². The van der Waals surface area contributed by atoms with E-state index in [2.05, 4.69) is 33.4 Å². The second-order valence-corrected chi connectivity index (χ2v) is 5.28. The van der Waals surface area contributed by atoms with Gasteiger partial charge in [-0.1, -0.05) is 57.3 Å². The number of hydrogen-bond acceptors (Lipinski definition) is 1. The van der Waals surface area contributed by atoms with E-state index in [9.17, 15) is 0 Å². The van der Waals surface area contributed by atoms with Crippen molar-refractivity contribution in [2.75, 3.05) is 5.32 Å². The molecule has 0 bridgehead atoms. The summed E-state index contributed by atoms with van der Waals surface area (Å²) in [7, 11) is 0. The molecule has 2 aromatic rings. The van der Waals surface area contributed by atoms with E-state index < -0.39 is 0 Å². The Morgan fingerprint density at radius 1 is 1.00 bits per heavy atom. The first-order chi connectivity index (χ1) is 8.16. The molecule has 0 unspecified atom stereocenters. The van der Waals surface area contributed by atoms with Crippen molar-refractivity contribution in [3.8, 4) is 0 Å². The number of hydrogen-bond donors (Lipinski definition) is 1. The number of benzene rings is 2. The second kappa shape index (κ2) is 5.76. The Morgan fingerprint density at radius 2 is 1.71 bits per heavy atom. The fourth-order valence-electron chi connectivity index (χ4n) is 1.44. The van der Waals surface area contributed by atoms with Crippen LogP contribution in [-0.2, 0) is 6.54 Å².